The minimum absolute atomic E-state index is 0.361. The molecule has 0 saturated carbocycles. The number of hydrogen-bond donors (Lipinski definition) is 2. The molecule has 1 aliphatic rings. The Labute approximate surface area is 415 Å². The van der Waals surface area contributed by atoms with Crippen molar-refractivity contribution >= 4 is 36.1 Å². The third kappa shape index (κ3) is 17.3. The molecule has 0 amide bonds. The fourth-order valence-electron chi connectivity index (χ4n) is 7.23. The highest BCUT2D eigenvalue weighted by atomic mass is 16.5. The monoisotopic (exact) mass is 956 g/mol. The normalized spacial score (nSPS) is 10.6. The molecule has 6 aromatic rings. The van der Waals surface area contributed by atoms with Gasteiger partial charge in [-0.15, -0.1) is 0 Å². The second kappa shape index (κ2) is 29.5. The van der Waals surface area contributed by atoms with Crippen LogP contribution in [0.15, 0.2) is 165 Å². The Morgan fingerprint density at radius 1 is 0.521 bits per heavy atom. The van der Waals surface area contributed by atoms with Crippen LogP contribution in [0, 0.1) is 10.8 Å². The van der Waals surface area contributed by atoms with Crippen LogP contribution in [-0.2, 0) is 19.1 Å². The predicted molar refractivity (Wildman–Crippen MR) is 278 cm³/mol. The van der Waals surface area contributed by atoms with Crippen LogP contribution in [0.25, 0.3) is 22.3 Å². The Morgan fingerprint density at radius 2 is 0.972 bits per heavy atom. The van der Waals surface area contributed by atoms with Crippen LogP contribution in [0.4, 0.5) is 0 Å². The summed E-state index contributed by atoms with van der Waals surface area (Å²) in [5.41, 5.74) is 8.59. The van der Waals surface area contributed by atoms with Crippen LogP contribution in [-0.4, -0.2) is 69.7 Å². The second-order valence-corrected chi connectivity index (χ2v) is 16.0. The molecule has 7 rings (SSSR count). The summed E-state index contributed by atoms with van der Waals surface area (Å²) in [7, 11) is 1.61. The summed E-state index contributed by atoms with van der Waals surface area (Å²) >= 11 is 0. The van der Waals surface area contributed by atoms with Crippen molar-refractivity contribution in [3.8, 4) is 45.3 Å². The minimum atomic E-state index is -0.489. The van der Waals surface area contributed by atoms with Gasteiger partial charge >= 0.3 is 17.9 Å². The smallest absolute Gasteiger partial charge is 0.343 e. The van der Waals surface area contributed by atoms with E-state index < -0.39 is 11.9 Å². The highest BCUT2D eigenvalue weighted by Gasteiger charge is 2.22. The molecule has 366 valence electrons. The zero-order chi connectivity index (χ0) is 50.6. The average molecular weight is 957 g/mol. The van der Waals surface area contributed by atoms with Crippen molar-refractivity contribution in [3.05, 3.63) is 193 Å². The van der Waals surface area contributed by atoms with Gasteiger partial charge in [0.1, 0.15) is 29.3 Å². The molecular weight excluding hydrogens is 897 g/mol. The predicted octanol–water partition coefficient (Wildman–Crippen LogP) is 12.5. The van der Waals surface area contributed by atoms with E-state index in [0.717, 1.165) is 97.5 Å². The first-order valence-corrected chi connectivity index (χ1v) is 23.5. The molecule has 0 spiro atoms. The molecule has 2 N–H and O–H groups in total. The van der Waals surface area contributed by atoms with E-state index >= 15 is 0 Å². The van der Waals surface area contributed by atoms with Crippen LogP contribution < -0.4 is 18.9 Å². The van der Waals surface area contributed by atoms with Gasteiger partial charge in [0.05, 0.1) is 44.8 Å². The molecule has 1 aliphatic carbocycles. The number of rotatable bonds is 24. The fraction of sp³-hybridized carbons (Fsp3) is 0.220. The second-order valence-electron chi connectivity index (χ2n) is 16.0. The first-order valence-electron chi connectivity index (χ1n) is 23.5. The molecule has 0 heterocycles. The maximum Gasteiger partial charge on any atom is 0.343 e. The number of nitrogens with one attached hydrogen (secondary N) is 2. The summed E-state index contributed by atoms with van der Waals surface area (Å²) in [6.45, 7) is 8.74. The van der Waals surface area contributed by atoms with Gasteiger partial charge in [-0.2, -0.15) is 0 Å². The highest BCUT2D eigenvalue weighted by molar-refractivity contribution is 6.23. The summed E-state index contributed by atoms with van der Waals surface area (Å²) in [6.07, 6.45) is 11.8. The van der Waals surface area contributed by atoms with Crippen molar-refractivity contribution < 1.29 is 47.6 Å². The fourth-order valence-corrected chi connectivity index (χ4v) is 7.23. The molecule has 12 heteroatoms. The number of carbonyl (C=O) groups is 4. The van der Waals surface area contributed by atoms with E-state index in [-0.39, 0.29) is 5.97 Å². The molecule has 6 aromatic carbocycles. The van der Waals surface area contributed by atoms with Crippen molar-refractivity contribution in [2.75, 3.05) is 33.5 Å². The van der Waals surface area contributed by atoms with Gasteiger partial charge < -0.3 is 33.8 Å². The van der Waals surface area contributed by atoms with Crippen LogP contribution in [0.2, 0.25) is 0 Å². The molecule has 0 bridgehead atoms. The summed E-state index contributed by atoms with van der Waals surface area (Å²) < 4.78 is 31.8. The molecule has 0 radical (unpaired) electrons. The average Bonchev–Trinajstić information content (AvgIpc) is 3.71. The summed E-state index contributed by atoms with van der Waals surface area (Å²) in [5.74, 6) is 1.31. The van der Waals surface area contributed by atoms with Crippen molar-refractivity contribution in [1.82, 2.24) is 0 Å². The molecule has 0 saturated heterocycles. The zero-order valence-electron chi connectivity index (χ0n) is 40.1. The van der Waals surface area contributed by atoms with Crippen molar-refractivity contribution in [1.29, 1.82) is 10.8 Å². The van der Waals surface area contributed by atoms with Gasteiger partial charge in [0.25, 0.3) is 0 Å². The number of aldehydes is 1. The Bertz CT molecular complexity index is 2660. The summed E-state index contributed by atoms with van der Waals surface area (Å²) in [6, 6.07) is 42.8. The highest BCUT2D eigenvalue weighted by Crippen LogP contribution is 2.36. The SMILES string of the molecule is C=CC(=O)OCCCCCCOc1ccc(C(=O)Oc2ccc(-c3ccc(OC)cc3)c(C=N)c2)cc1.C=CC(=O)OCCCCCCOc1ccc(C=O)cc1.N=C1c2ccccc2-c2ccccc21. The lowest BCUT2D eigenvalue weighted by molar-refractivity contribution is -0.138. The molecule has 0 atom stereocenters. The van der Waals surface area contributed by atoms with Gasteiger partial charge in [-0.3, -0.25) is 10.2 Å². The molecule has 71 heavy (non-hydrogen) atoms. The molecular formula is C59H60N2O10. The molecule has 0 aliphatic heterocycles. The standard InChI is InChI=1S/C30H31NO6.C16H20O4.C13H9N/c1-3-29(32)36-19-7-5-4-6-18-35-26-14-10-23(11-15-26)30(33)37-27-16-17-28(24(20-27)21-31)22-8-12-25(34-2)13-9-22;1-2-16(18)20-12-6-4-3-5-11-19-15-9-7-14(13-17)8-10-15;14-13-11-7-3-1-5-9(11)10-6-2-4-8-12(10)13/h3,8-17,20-21,31H,1,4-7,18-19H2,2H3;2,7-10,13H,1,3-6,11-12H2;1-8,14H. The summed E-state index contributed by atoms with van der Waals surface area (Å²) in [5, 5.41) is 15.8. The largest absolute Gasteiger partial charge is 0.497 e. The number of hydrogen-bond acceptors (Lipinski definition) is 12. The first kappa shape index (κ1) is 53.6. The van der Waals surface area contributed by atoms with Gasteiger partial charge in [0.2, 0.25) is 0 Å². The number of methoxy groups -OCH3 is 1. The van der Waals surface area contributed by atoms with E-state index in [9.17, 15) is 19.2 Å². The van der Waals surface area contributed by atoms with Gasteiger partial charge in [-0.05, 0) is 146 Å². The third-order valence-electron chi connectivity index (χ3n) is 11.0. The quantitative estimate of drug-likeness (QED) is 0.0148. The Hall–Kier alpha value is -8.38. The molecule has 0 fully saturated rings. The third-order valence-corrected chi connectivity index (χ3v) is 11.0. The van der Waals surface area contributed by atoms with Gasteiger partial charge in [0.15, 0.2) is 0 Å². The number of fused-ring (bicyclic) bond motifs is 3. The number of ether oxygens (including phenoxy) is 6. The van der Waals surface area contributed by atoms with Gasteiger partial charge in [-0.1, -0.05) is 79.9 Å². The van der Waals surface area contributed by atoms with Crippen LogP contribution in [0.5, 0.6) is 23.0 Å². The van der Waals surface area contributed by atoms with Crippen molar-refractivity contribution in [2.24, 2.45) is 0 Å². The van der Waals surface area contributed by atoms with Crippen LogP contribution in [0.1, 0.15) is 88.8 Å². The summed E-state index contributed by atoms with van der Waals surface area (Å²) in [4.78, 5) is 44.8. The molecule has 12 nitrogen and oxygen atoms in total. The first-order chi connectivity index (χ1) is 34.7. The van der Waals surface area contributed by atoms with E-state index in [2.05, 4.69) is 25.3 Å². The minimum Gasteiger partial charge on any atom is -0.497 e. The lowest BCUT2D eigenvalue weighted by Gasteiger charge is -2.11. The van der Waals surface area contributed by atoms with Gasteiger partial charge in [0, 0.05) is 40.6 Å². The topological polar surface area (TPSA) is 171 Å². The molecule has 0 unspecified atom stereocenters. The van der Waals surface area contributed by atoms with Crippen molar-refractivity contribution in [3.63, 3.8) is 0 Å². The maximum absolute atomic E-state index is 12.6. The van der Waals surface area contributed by atoms with E-state index in [0.29, 0.717) is 60.3 Å². The Kier molecular flexibility index (Phi) is 22.3. The maximum atomic E-state index is 12.6. The van der Waals surface area contributed by atoms with Crippen molar-refractivity contribution in [2.45, 2.75) is 51.4 Å². The number of unbranched alkanes of at least 4 members (excludes halogenated alkanes) is 6. The van der Waals surface area contributed by atoms with E-state index in [1.54, 1.807) is 67.8 Å². The van der Waals surface area contributed by atoms with E-state index in [1.807, 2.05) is 66.7 Å². The lowest BCUT2D eigenvalue weighted by Crippen LogP contribution is -2.09. The zero-order valence-corrected chi connectivity index (χ0v) is 40.1. The van der Waals surface area contributed by atoms with Crippen LogP contribution in [0.3, 0.4) is 0 Å². The van der Waals surface area contributed by atoms with E-state index in [4.69, 9.17) is 39.2 Å². The Balaban J connectivity index is 0.000000227. The van der Waals surface area contributed by atoms with Gasteiger partial charge in [-0.25, -0.2) is 14.4 Å². The Morgan fingerprint density at radius 3 is 1.44 bits per heavy atom. The van der Waals surface area contributed by atoms with E-state index in [1.165, 1.54) is 23.4 Å². The number of esters is 3. The number of carbonyl (C=O) groups excluding carboxylic acids is 4. The number of benzene rings is 6. The molecule has 0 aromatic heterocycles. The lowest BCUT2D eigenvalue weighted by atomic mass is 10.00. The van der Waals surface area contributed by atoms with Crippen LogP contribution >= 0.6 is 0 Å².